The third-order valence-corrected chi connectivity index (χ3v) is 3.67. The highest BCUT2D eigenvalue weighted by Crippen LogP contribution is 2.26. The molecule has 1 aromatic heterocycles. The predicted molar refractivity (Wildman–Crippen MR) is 74.0 cm³/mol. The summed E-state index contributed by atoms with van der Waals surface area (Å²) >= 11 is 5.82. The van der Waals surface area contributed by atoms with Gasteiger partial charge in [-0.05, 0) is 31.7 Å². The van der Waals surface area contributed by atoms with Crippen LogP contribution in [0.25, 0.3) is 0 Å². The van der Waals surface area contributed by atoms with Crippen molar-refractivity contribution in [1.29, 1.82) is 0 Å². The summed E-state index contributed by atoms with van der Waals surface area (Å²) in [5, 5.41) is 9.17. The molecule has 6 heteroatoms. The number of pyridine rings is 1. The van der Waals surface area contributed by atoms with Crippen LogP contribution >= 0.6 is 11.6 Å². The molecule has 1 amide bonds. The molecule has 104 valence electrons. The van der Waals surface area contributed by atoms with Gasteiger partial charge in [0.05, 0.1) is 17.4 Å². The number of halogens is 1. The quantitative estimate of drug-likeness (QED) is 0.824. The Hall–Kier alpha value is -1.33. The number of hydrogen-bond donors (Lipinski definition) is 2. The smallest absolute Gasteiger partial charge is 0.256 e. The number of likely N-dealkylation sites (tertiary alicyclic amines) is 1. The van der Waals surface area contributed by atoms with Crippen LogP contribution in [0.4, 0.5) is 5.69 Å². The molecule has 0 aliphatic carbocycles. The van der Waals surface area contributed by atoms with E-state index >= 15 is 0 Å². The molecule has 19 heavy (non-hydrogen) atoms. The number of amides is 1. The summed E-state index contributed by atoms with van der Waals surface area (Å²) < 4.78 is 0. The van der Waals surface area contributed by atoms with Crippen LogP contribution in [0.15, 0.2) is 12.3 Å². The van der Waals surface area contributed by atoms with Crippen LogP contribution in [0.1, 0.15) is 36.0 Å². The number of aromatic nitrogens is 1. The van der Waals surface area contributed by atoms with E-state index in [0.29, 0.717) is 17.7 Å². The van der Waals surface area contributed by atoms with Crippen molar-refractivity contribution in [3.05, 3.63) is 23.0 Å². The largest absolute Gasteiger partial charge is 0.397 e. The van der Waals surface area contributed by atoms with E-state index in [9.17, 15) is 4.79 Å². The Balaban J connectivity index is 2.16. The molecule has 5 nitrogen and oxygen atoms in total. The van der Waals surface area contributed by atoms with Crippen molar-refractivity contribution in [2.75, 3.05) is 18.9 Å². The maximum Gasteiger partial charge on any atom is 0.256 e. The van der Waals surface area contributed by atoms with Gasteiger partial charge in [0.2, 0.25) is 0 Å². The topological polar surface area (TPSA) is 79.5 Å². The molecule has 0 spiro atoms. The van der Waals surface area contributed by atoms with Gasteiger partial charge in [-0.15, -0.1) is 0 Å². The van der Waals surface area contributed by atoms with E-state index in [1.54, 1.807) is 0 Å². The minimum absolute atomic E-state index is 0.0951. The standard InChI is InChI=1S/C13H18ClN3O2/c14-12-7-10(11(15)8-16-12)13(19)17-5-1-3-9(17)4-2-6-18/h7-9,18H,1-6,15H2. The molecule has 1 atom stereocenters. The fraction of sp³-hybridized carbons (Fsp3) is 0.538. The third-order valence-electron chi connectivity index (χ3n) is 3.47. The summed E-state index contributed by atoms with van der Waals surface area (Å²) in [7, 11) is 0. The Morgan fingerprint density at radius 3 is 3.16 bits per heavy atom. The number of aliphatic hydroxyl groups excluding tert-OH is 1. The second-order valence-electron chi connectivity index (χ2n) is 4.75. The van der Waals surface area contributed by atoms with Gasteiger partial charge < -0.3 is 15.7 Å². The molecule has 1 aliphatic heterocycles. The van der Waals surface area contributed by atoms with Gasteiger partial charge in [-0.2, -0.15) is 0 Å². The number of nitrogen functional groups attached to an aromatic ring is 1. The molecule has 1 saturated heterocycles. The van der Waals surface area contributed by atoms with Gasteiger partial charge in [0.15, 0.2) is 0 Å². The van der Waals surface area contributed by atoms with E-state index < -0.39 is 0 Å². The fourth-order valence-corrected chi connectivity index (χ4v) is 2.67. The summed E-state index contributed by atoms with van der Waals surface area (Å²) in [6.45, 7) is 0.885. The molecule has 3 N–H and O–H groups in total. The molecule has 2 rings (SSSR count). The van der Waals surface area contributed by atoms with E-state index in [-0.39, 0.29) is 23.7 Å². The highest BCUT2D eigenvalue weighted by molar-refractivity contribution is 6.29. The summed E-state index contributed by atoms with van der Waals surface area (Å²) in [6, 6.07) is 1.70. The molecule has 1 aromatic rings. The predicted octanol–water partition coefficient (Wildman–Crippen LogP) is 1.69. The maximum atomic E-state index is 12.5. The van der Waals surface area contributed by atoms with Crippen molar-refractivity contribution < 1.29 is 9.90 Å². The number of nitrogens with zero attached hydrogens (tertiary/aromatic N) is 2. The van der Waals surface area contributed by atoms with Crippen LogP contribution in [-0.2, 0) is 0 Å². The number of rotatable bonds is 4. The van der Waals surface area contributed by atoms with Crippen LogP contribution in [-0.4, -0.2) is 40.1 Å². The molecule has 0 radical (unpaired) electrons. The van der Waals surface area contributed by atoms with Crippen LogP contribution in [0.5, 0.6) is 0 Å². The van der Waals surface area contributed by atoms with Crippen molar-refractivity contribution in [3.8, 4) is 0 Å². The number of hydrogen-bond acceptors (Lipinski definition) is 4. The first kappa shape index (κ1) is 14.1. The normalized spacial score (nSPS) is 18.8. The lowest BCUT2D eigenvalue weighted by Gasteiger charge is -2.25. The Bertz CT molecular complexity index is 467. The SMILES string of the molecule is Nc1cnc(Cl)cc1C(=O)N1CCCC1CCCO. The second-order valence-corrected chi connectivity index (χ2v) is 5.14. The highest BCUT2D eigenvalue weighted by atomic mass is 35.5. The van der Waals surface area contributed by atoms with Gasteiger partial charge in [0.1, 0.15) is 5.15 Å². The third kappa shape index (κ3) is 3.16. The Morgan fingerprint density at radius 2 is 2.42 bits per heavy atom. The van der Waals surface area contributed by atoms with Crippen molar-refractivity contribution in [2.24, 2.45) is 0 Å². The Kier molecular flexibility index (Phi) is 4.61. The number of anilines is 1. The Morgan fingerprint density at radius 1 is 1.63 bits per heavy atom. The summed E-state index contributed by atoms with van der Waals surface area (Å²) in [5.74, 6) is -0.0951. The molecular weight excluding hydrogens is 266 g/mol. The molecule has 2 heterocycles. The first-order valence-electron chi connectivity index (χ1n) is 6.46. The first-order valence-corrected chi connectivity index (χ1v) is 6.84. The summed E-state index contributed by atoms with van der Waals surface area (Å²) in [4.78, 5) is 18.2. The first-order chi connectivity index (χ1) is 9.13. The number of aliphatic hydroxyl groups is 1. The number of carbonyl (C=O) groups excluding carboxylic acids is 1. The van der Waals surface area contributed by atoms with Gasteiger partial charge in [0.25, 0.3) is 5.91 Å². The fourth-order valence-electron chi connectivity index (χ4n) is 2.51. The summed E-state index contributed by atoms with van der Waals surface area (Å²) in [5.41, 5.74) is 6.56. The lowest BCUT2D eigenvalue weighted by Crippen LogP contribution is -2.36. The van der Waals surface area contributed by atoms with E-state index in [1.807, 2.05) is 4.90 Å². The highest BCUT2D eigenvalue weighted by Gasteiger charge is 2.29. The van der Waals surface area contributed by atoms with Crippen molar-refractivity contribution in [1.82, 2.24) is 9.88 Å². The molecular formula is C13H18ClN3O2. The van der Waals surface area contributed by atoms with Gasteiger partial charge in [-0.3, -0.25) is 4.79 Å². The average Bonchev–Trinajstić information content (AvgIpc) is 2.86. The lowest BCUT2D eigenvalue weighted by atomic mass is 10.1. The number of nitrogens with two attached hydrogens (primary N) is 1. The van der Waals surface area contributed by atoms with Crippen molar-refractivity contribution in [2.45, 2.75) is 31.7 Å². The molecule has 0 bridgehead atoms. The van der Waals surface area contributed by atoms with E-state index in [4.69, 9.17) is 22.4 Å². The van der Waals surface area contributed by atoms with E-state index in [2.05, 4.69) is 4.98 Å². The van der Waals surface area contributed by atoms with Crippen LogP contribution in [0, 0.1) is 0 Å². The molecule has 1 fully saturated rings. The minimum atomic E-state index is -0.0951. The average molecular weight is 284 g/mol. The second kappa shape index (κ2) is 6.21. The van der Waals surface area contributed by atoms with Crippen LogP contribution < -0.4 is 5.73 Å². The van der Waals surface area contributed by atoms with Crippen molar-refractivity contribution in [3.63, 3.8) is 0 Å². The zero-order valence-electron chi connectivity index (χ0n) is 10.7. The van der Waals surface area contributed by atoms with Gasteiger partial charge in [0, 0.05) is 19.2 Å². The molecule has 1 aliphatic rings. The van der Waals surface area contributed by atoms with Gasteiger partial charge >= 0.3 is 0 Å². The van der Waals surface area contributed by atoms with Crippen LogP contribution in [0.2, 0.25) is 5.15 Å². The number of carbonyl (C=O) groups is 1. The van der Waals surface area contributed by atoms with E-state index in [0.717, 1.165) is 25.8 Å². The molecule has 1 unspecified atom stereocenters. The van der Waals surface area contributed by atoms with E-state index in [1.165, 1.54) is 12.3 Å². The Labute approximate surface area is 117 Å². The van der Waals surface area contributed by atoms with Crippen molar-refractivity contribution >= 4 is 23.2 Å². The lowest BCUT2D eigenvalue weighted by molar-refractivity contribution is 0.0725. The maximum absolute atomic E-state index is 12.5. The summed E-state index contributed by atoms with van der Waals surface area (Å²) in [6.07, 6.45) is 4.90. The van der Waals surface area contributed by atoms with Gasteiger partial charge in [-0.1, -0.05) is 11.6 Å². The molecule has 0 saturated carbocycles. The van der Waals surface area contributed by atoms with Gasteiger partial charge in [-0.25, -0.2) is 4.98 Å². The molecule has 0 aromatic carbocycles. The van der Waals surface area contributed by atoms with Crippen LogP contribution in [0.3, 0.4) is 0 Å². The monoisotopic (exact) mass is 283 g/mol. The zero-order chi connectivity index (χ0) is 13.8. The zero-order valence-corrected chi connectivity index (χ0v) is 11.4. The minimum Gasteiger partial charge on any atom is -0.397 e.